The standard InChI is InChI=1S/C20H26N4O/c1-4-23(5-2)12-7-13-25-20-11-10-19-21-15-18(24(19)22-20)17-9-6-8-16(3)14-17/h6,8-11,14-15H,4-5,7,12-13H2,1-3H3. The zero-order valence-electron chi connectivity index (χ0n) is 15.3. The van der Waals surface area contributed by atoms with Crippen LogP contribution in [0.1, 0.15) is 25.8 Å². The maximum absolute atomic E-state index is 5.85. The molecule has 5 nitrogen and oxygen atoms in total. The molecule has 132 valence electrons. The van der Waals surface area contributed by atoms with Gasteiger partial charge in [-0.3, -0.25) is 0 Å². The van der Waals surface area contributed by atoms with Crippen molar-refractivity contribution in [3.8, 4) is 17.1 Å². The third-order valence-corrected chi connectivity index (χ3v) is 4.41. The van der Waals surface area contributed by atoms with Crippen LogP contribution in [0.3, 0.4) is 0 Å². The monoisotopic (exact) mass is 338 g/mol. The topological polar surface area (TPSA) is 42.7 Å². The van der Waals surface area contributed by atoms with Crippen molar-refractivity contribution in [2.24, 2.45) is 0 Å². The fourth-order valence-electron chi connectivity index (χ4n) is 2.94. The molecule has 0 radical (unpaired) electrons. The Morgan fingerprint density at radius 3 is 2.72 bits per heavy atom. The zero-order chi connectivity index (χ0) is 17.6. The van der Waals surface area contributed by atoms with Crippen molar-refractivity contribution >= 4 is 5.65 Å². The van der Waals surface area contributed by atoms with Gasteiger partial charge in [-0.1, -0.05) is 37.6 Å². The van der Waals surface area contributed by atoms with Crippen molar-refractivity contribution in [1.82, 2.24) is 19.5 Å². The highest BCUT2D eigenvalue weighted by molar-refractivity contribution is 5.63. The summed E-state index contributed by atoms with van der Waals surface area (Å²) in [6, 6.07) is 12.2. The summed E-state index contributed by atoms with van der Waals surface area (Å²) in [4.78, 5) is 6.84. The molecule has 0 unspecified atom stereocenters. The molecule has 3 rings (SSSR count). The first-order valence-electron chi connectivity index (χ1n) is 8.98. The summed E-state index contributed by atoms with van der Waals surface area (Å²) in [7, 11) is 0. The molecule has 25 heavy (non-hydrogen) atoms. The lowest BCUT2D eigenvalue weighted by molar-refractivity contribution is 0.242. The number of imidazole rings is 1. The summed E-state index contributed by atoms with van der Waals surface area (Å²) >= 11 is 0. The van der Waals surface area contributed by atoms with Crippen LogP contribution in [0.5, 0.6) is 5.88 Å². The number of fused-ring (bicyclic) bond motifs is 1. The Balaban J connectivity index is 1.72. The minimum absolute atomic E-state index is 0.638. The Bertz CT molecular complexity index is 823. The summed E-state index contributed by atoms with van der Waals surface area (Å²) in [5, 5.41) is 4.62. The van der Waals surface area contributed by atoms with Gasteiger partial charge in [-0.2, -0.15) is 0 Å². The number of hydrogen-bond donors (Lipinski definition) is 0. The van der Waals surface area contributed by atoms with Crippen LogP contribution in [0, 0.1) is 6.92 Å². The van der Waals surface area contributed by atoms with Crippen LogP contribution in [0.25, 0.3) is 16.9 Å². The number of rotatable bonds is 8. The molecule has 0 aliphatic carbocycles. The van der Waals surface area contributed by atoms with E-state index in [1.165, 1.54) is 5.56 Å². The van der Waals surface area contributed by atoms with E-state index in [-0.39, 0.29) is 0 Å². The Kier molecular flexibility index (Phi) is 5.66. The first-order chi connectivity index (χ1) is 12.2. The van der Waals surface area contributed by atoms with E-state index in [0.717, 1.165) is 43.0 Å². The third-order valence-electron chi connectivity index (χ3n) is 4.41. The maximum atomic E-state index is 5.85. The van der Waals surface area contributed by atoms with Gasteiger partial charge in [-0.05, 0) is 38.6 Å². The molecule has 0 aliphatic heterocycles. The Morgan fingerprint density at radius 1 is 1.12 bits per heavy atom. The second-order valence-electron chi connectivity index (χ2n) is 6.18. The quantitative estimate of drug-likeness (QED) is 0.586. The second kappa shape index (κ2) is 8.12. The fourth-order valence-corrected chi connectivity index (χ4v) is 2.94. The van der Waals surface area contributed by atoms with Crippen LogP contribution in [-0.4, -0.2) is 45.7 Å². The van der Waals surface area contributed by atoms with Crippen molar-refractivity contribution < 1.29 is 4.74 Å². The lowest BCUT2D eigenvalue weighted by Gasteiger charge is -2.17. The molecular formula is C20H26N4O. The highest BCUT2D eigenvalue weighted by Crippen LogP contribution is 2.22. The smallest absolute Gasteiger partial charge is 0.231 e. The largest absolute Gasteiger partial charge is 0.477 e. The van der Waals surface area contributed by atoms with E-state index in [2.05, 4.69) is 60.0 Å². The molecule has 0 spiro atoms. The maximum Gasteiger partial charge on any atom is 0.231 e. The first kappa shape index (κ1) is 17.4. The minimum atomic E-state index is 0.638. The molecule has 0 aliphatic rings. The summed E-state index contributed by atoms with van der Waals surface area (Å²) in [5.41, 5.74) is 4.13. The van der Waals surface area contributed by atoms with E-state index < -0.39 is 0 Å². The van der Waals surface area contributed by atoms with E-state index in [0.29, 0.717) is 12.5 Å². The van der Waals surface area contributed by atoms with E-state index in [1.54, 1.807) is 0 Å². The number of aromatic nitrogens is 3. The lowest BCUT2D eigenvalue weighted by atomic mass is 10.1. The highest BCUT2D eigenvalue weighted by atomic mass is 16.5. The predicted molar refractivity (Wildman–Crippen MR) is 101 cm³/mol. The number of hydrogen-bond acceptors (Lipinski definition) is 4. The van der Waals surface area contributed by atoms with Crippen molar-refractivity contribution in [2.45, 2.75) is 27.2 Å². The first-order valence-corrected chi connectivity index (χ1v) is 8.98. The molecule has 2 aromatic heterocycles. The summed E-state index contributed by atoms with van der Waals surface area (Å²) in [6.45, 7) is 10.3. The van der Waals surface area contributed by atoms with Crippen LogP contribution in [0.2, 0.25) is 0 Å². The molecule has 0 atom stereocenters. The van der Waals surface area contributed by atoms with Crippen LogP contribution < -0.4 is 4.74 Å². The molecule has 0 bridgehead atoms. The van der Waals surface area contributed by atoms with Crippen molar-refractivity contribution in [1.29, 1.82) is 0 Å². The van der Waals surface area contributed by atoms with E-state index >= 15 is 0 Å². The highest BCUT2D eigenvalue weighted by Gasteiger charge is 2.09. The molecule has 0 amide bonds. The summed E-state index contributed by atoms with van der Waals surface area (Å²) in [6.07, 6.45) is 2.86. The van der Waals surface area contributed by atoms with Crippen LogP contribution in [0.15, 0.2) is 42.6 Å². The molecule has 3 aromatic rings. The van der Waals surface area contributed by atoms with Gasteiger partial charge in [-0.25, -0.2) is 9.50 Å². The van der Waals surface area contributed by atoms with Gasteiger partial charge in [0.15, 0.2) is 5.65 Å². The lowest BCUT2D eigenvalue weighted by Crippen LogP contribution is -2.25. The SMILES string of the molecule is CCN(CC)CCCOc1ccc2ncc(-c3cccc(C)c3)n2n1. The summed E-state index contributed by atoms with van der Waals surface area (Å²) in [5.74, 6) is 0.638. The van der Waals surface area contributed by atoms with Gasteiger partial charge in [0.2, 0.25) is 5.88 Å². The minimum Gasteiger partial charge on any atom is -0.477 e. The van der Waals surface area contributed by atoms with Gasteiger partial charge >= 0.3 is 0 Å². The molecule has 5 heteroatoms. The van der Waals surface area contributed by atoms with Crippen LogP contribution in [-0.2, 0) is 0 Å². The third kappa shape index (κ3) is 4.17. The fraction of sp³-hybridized carbons (Fsp3) is 0.400. The molecule has 0 saturated carbocycles. The van der Waals surface area contributed by atoms with Crippen LogP contribution >= 0.6 is 0 Å². The van der Waals surface area contributed by atoms with E-state index in [9.17, 15) is 0 Å². The zero-order valence-corrected chi connectivity index (χ0v) is 15.3. The van der Waals surface area contributed by atoms with Crippen LogP contribution in [0.4, 0.5) is 0 Å². The predicted octanol–water partition coefficient (Wildman–Crippen LogP) is 3.82. The molecule has 2 heterocycles. The Hall–Kier alpha value is -2.40. The number of benzene rings is 1. The second-order valence-corrected chi connectivity index (χ2v) is 6.18. The number of ether oxygens (including phenoxy) is 1. The number of nitrogens with zero attached hydrogens (tertiary/aromatic N) is 4. The van der Waals surface area contributed by atoms with Gasteiger partial charge in [0.05, 0.1) is 18.5 Å². The van der Waals surface area contributed by atoms with E-state index in [4.69, 9.17) is 4.74 Å². The van der Waals surface area contributed by atoms with Gasteiger partial charge in [-0.15, -0.1) is 5.10 Å². The van der Waals surface area contributed by atoms with Gasteiger partial charge in [0, 0.05) is 18.2 Å². The van der Waals surface area contributed by atoms with Gasteiger partial charge < -0.3 is 9.64 Å². The normalized spacial score (nSPS) is 11.4. The molecule has 0 fully saturated rings. The van der Waals surface area contributed by atoms with Gasteiger partial charge in [0.1, 0.15) is 0 Å². The van der Waals surface area contributed by atoms with E-state index in [1.807, 2.05) is 22.8 Å². The molecule has 0 N–H and O–H groups in total. The number of aryl methyl sites for hydroxylation is 1. The molecule has 0 saturated heterocycles. The average molecular weight is 338 g/mol. The summed E-state index contributed by atoms with van der Waals surface area (Å²) < 4.78 is 7.71. The van der Waals surface area contributed by atoms with Crippen molar-refractivity contribution in [3.63, 3.8) is 0 Å². The van der Waals surface area contributed by atoms with Crippen molar-refractivity contribution in [3.05, 3.63) is 48.2 Å². The molecular weight excluding hydrogens is 312 g/mol. The van der Waals surface area contributed by atoms with Crippen molar-refractivity contribution in [2.75, 3.05) is 26.2 Å². The Labute approximate surface area is 149 Å². The molecule has 1 aromatic carbocycles. The Morgan fingerprint density at radius 2 is 1.96 bits per heavy atom. The average Bonchev–Trinajstić information content (AvgIpc) is 3.05. The van der Waals surface area contributed by atoms with Gasteiger partial charge in [0.25, 0.3) is 0 Å².